The van der Waals surface area contributed by atoms with Gasteiger partial charge in [0.15, 0.2) is 0 Å². The number of hydrogen-bond donors (Lipinski definition) is 1. The molecule has 0 aromatic heterocycles. The molecule has 0 aromatic carbocycles. The van der Waals surface area contributed by atoms with Crippen molar-refractivity contribution in [1.82, 2.24) is 4.90 Å². The fourth-order valence-electron chi connectivity index (χ4n) is 1.70. The van der Waals surface area contributed by atoms with E-state index in [2.05, 4.69) is 30.5 Å². The van der Waals surface area contributed by atoms with Gasteiger partial charge in [0.05, 0.1) is 6.07 Å². The molecule has 0 amide bonds. The second-order valence-electron chi connectivity index (χ2n) is 4.09. The van der Waals surface area contributed by atoms with Crippen molar-refractivity contribution in [2.45, 2.75) is 38.6 Å². The van der Waals surface area contributed by atoms with Crippen molar-refractivity contribution in [1.29, 1.82) is 5.26 Å². The summed E-state index contributed by atoms with van der Waals surface area (Å²) in [6.45, 7) is 4.30. The zero-order valence-electron chi connectivity index (χ0n) is 8.95. The van der Waals surface area contributed by atoms with Crippen molar-refractivity contribution in [2.24, 2.45) is 5.92 Å². The smallest absolute Gasteiger partial charge is 0.0635 e. The Kier molecular flexibility index (Phi) is 5.36. The molecule has 1 aliphatic carbocycles. The molecule has 0 radical (unpaired) electrons. The van der Waals surface area contributed by atoms with Crippen LogP contribution >= 0.6 is 12.6 Å². The molecule has 14 heavy (non-hydrogen) atoms. The molecule has 1 saturated carbocycles. The van der Waals surface area contributed by atoms with Crippen LogP contribution < -0.4 is 0 Å². The van der Waals surface area contributed by atoms with E-state index in [0.717, 1.165) is 24.9 Å². The molecular formula is C11H20N2S. The van der Waals surface area contributed by atoms with Gasteiger partial charge in [-0.3, -0.25) is 4.90 Å². The summed E-state index contributed by atoms with van der Waals surface area (Å²) in [5.41, 5.74) is 0. The van der Waals surface area contributed by atoms with E-state index in [1.165, 1.54) is 19.3 Å². The van der Waals surface area contributed by atoms with Crippen LogP contribution in [0.5, 0.6) is 0 Å². The Morgan fingerprint density at radius 2 is 2.29 bits per heavy atom. The molecule has 0 aromatic rings. The second kappa shape index (κ2) is 6.31. The monoisotopic (exact) mass is 212 g/mol. The first-order chi connectivity index (χ1) is 6.81. The minimum atomic E-state index is 0.666. The van der Waals surface area contributed by atoms with Crippen LogP contribution in [0, 0.1) is 17.2 Å². The third-order valence-electron chi connectivity index (χ3n) is 2.90. The molecule has 0 spiro atoms. The number of nitrogens with zero attached hydrogens (tertiary/aromatic N) is 2. The molecule has 1 atom stereocenters. The molecule has 80 valence electrons. The van der Waals surface area contributed by atoms with Crippen LogP contribution in [0.15, 0.2) is 0 Å². The SMILES string of the molecule is CCC(CS)CN(CCC#N)C1CC1. The number of thiol groups is 1. The first kappa shape index (κ1) is 11.9. The number of nitriles is 1. The molecule has 0 heterocycles. The summed E-state index contributed by atoms with van der Waals surface area (Å²) in [6.07, 6.45) is 4.52. The summed E-state index contributed by atoms with van der Waals surface area (Å²) in [5.74, 6) is 1.66. The van der Waals surface area contributed by atoms with Gasteiger partial charge in [-0.25, -0.2) is 0 Å². The van der Waals surface area contributed by atoms with Gasteiger partial charge >= 0.3 is 0 Å². The molecule has 1 unspecified atom stereocenters. The minimum absolute atomic E-state index is 0.666. The Labute approximate surface area is 92.7 Å². The molecule has 1 aliphatic rings. The van der Waals surface area contributed by atoms with E-state index in [1.807, 2.05) is 0 Å². The summed E-state index contributed by atoms with van der Waals surface area (Å²) in [5, 5.41) is 8.57. The molecule has 0 bridgehead atoms. The maximum absolute atomic E-state index is 8.57. The van der Waals surface area contributed by atoms with Gasteiger partial charge in [0, 0.05) is 25.6 Å². The van der Waals surface area contributed by atoms with E-state index < -0.39 is 0 Å². The standard InChI is InChI=1S/C11H20N2S/c1-2-10(9-14)8-13(7-3-6-12)11-4-5-11/h10-11,14H,2-5,7-9H2,1H3. The van der Waals surface area contributed by atoms with Gasteiger partial charge in [-0.2, -0.15) is 17.9 Å². The third-order valence-corrected chi connectivity index (χ3v) is 3.42. The average Bonchev–Trinajstić information content (AvgIpc) is 3.02. The van der Waals surface area contributed by atoms with E-state index in [1.54, 1.807) is 0 Å². The van der Waals surface area contributed by atoms with Crippen LogP contribution in [0.25, 0.3) is 0 Å². The summed E-state index contributed by atoms with van der Waals surface area (Å²) >= 11 is 4.36. The first-order valence-electron chi connectivity index (χ1n) is 5.53. The largest absolute Gasteiger partial charge is 0.299 e. The minimum Gasteiger partial charge on any atom is -0.299 e. The van der Waals surface area contributed by atoms with Crippen LogP contribution in [-0.2, 0) is 0 Å². The normalized spacial score (nSPS) is 18.1. The van der Waals surface area contributed by atoms with Crippen LogP contribution in [0.2, 0.25) is 0 Å². The van der Waals surface area contributed by atoms with Gasteiger partial charge in [-0.05, 0) is 24.5 Å². The van der Waals surface area contributed by atoms with Crippen molar-refractivity contribution in [3.8, 4) is 6.07 Å². The quantitative estimate of drug-likeness (QED) is 0.656. The zero-order chi connectivity index (χ0) is 10.4. The van der Waals surface area contributed by atoms with Gasteiger partial charge in [-0.15, -0.1) is 0 Å². The fraction of sp³-hybridized carbons (Fsp3) is 0.909. The van der Waals surface area contributed by atoms with Gasteiger partial charge in [0.2, 0.25) is 0 Å². The predicted molar refractivity (Wildman–Crippen MR) is 62.5 cm³/mol. The van der Waals surface area contributed by atoms with Crippen LogP contribution in [0.4, 0.5) is 0 Å². The van der Waals surface area contributed by atoms with Gasteiger partial charge in [0.1, 0.15) is 0 Å². The van der Waals surface area contributed by atoms with Crippen LogP contribution in [-0.4, -0.2) is 29.8 Å². The highest BCUT2D eigenvalue weighted by atomic mass is 32.1. The second-order valence-corrected chi connectivity index (χ2v) is 4.46. The Morgan fingerprint density at radius 3 is 2.71 bits per heavy atom. The highest BCUT2D eigenvalue weighted by molar-refractivity contribution is 7.80. The van der Waals surface area contributed by atoms with E-state index in [9.17, 15) is 0 Å². The predicted octanol–water partition coefficient (Wildman–Crippen LogP) is 2.32. The Hall–Kier alpha value is -0.200. The Balaban J connectivity index is 2.30. The topological polar surface area (TPSA) is 27.0 Å². The number of rotatable bonds is 7. The fourth-order valence-corrected chi connectivity index (χ4v) is 2.08. The molecular weight excluding hydrogens is 192 g/mol. The lowest BCUT2D eigenvalue weighted by Crippen LogP contribution is -2.32. The highest BCUT2D eigenvalue weighted by Crippen LogP contribution is 2.28. The van der Waals surface area contributed by atoms with Gasteiger partial charge in [0.25, 0.3) is 0 Å². The van der Waals surface area contributed by atoms with E-state index >= 15 is 0 Å². The molecule has 0 N–H and O–H groups in total. The summed E-state index contributed by atoms with van der Waals surface area (Å²) in [4.78, 5) is 2.48. The Bertz CT molecular complexity index is 192. The van der Waals surface area contributed by atoms with Crippen molar-refractivity contribution >= 4 is 12.6 Å². The van der Waals surface area contributed by atoms with Crippen molar-refractivity contribution in [2.75, 3.05) is 18.8 Å². The lowest BCUT2D eigenvalue weighted by atomic mass is 10.1. The summed E-state index contributed by atoms with van der Waals surface area (Å²) in [6, 6.07) is 3.00. The zero-order valence-corrected chi connectivity index (χ0v) is 9.84. The first-order valence-corrected chi connectivity index (χ1v) is 6.16. The molecule has 0 aliphatic heterocycles. The Morgan fingerprint density at radius 1 is 1.57 bits per heavy atom. The van der Waals surface area contributed by atoms with E-state index in [-0.39, 0.29) is 0 Å². The highest BCUT2D eigenvalue weighted by Gasteiger charge is 2.29. The molecule has 0 saturated heterocycles. The van der Waals surface area contributed by atoms with Gasteiger partial charge < -0.3 is 0 Å². The lowest BCUT2D eigenvalue weighted by molar-refractivity contribution is 0.232. The average molecular weight is 212 g/mol. The molecule has 1 rings (SSSR count). The lowest BCUT2D eigenvalue weighted by Gasteiger charge is -2.25. The number of hydrogen-bond acceptors (Lipinski definition) is 3. The molecule has 2 nitrogen and oxygen atoms in total. The third kappa shape index (κ3) is 3.89. The maximum atomic E-state index is 8.57. The molecule has 1 fully saturated rings. The van der Waals surface area contributed by atoms with Crippen molar-refractivity contribution in [3.05, 3.63) is 0 Å². The summed E-state index contributed by atoms with van der Waals surface area (Å²) < 4.78 is 0. The van der Waals surface area contributed by atoms with Crippen LogP contribution in [0.3, 0.4) is 0 Å². The van der Waals surface area contributed by atoms with Gasteiger partial charge in [-0.1, -0.05) is 13.3 Å². The van der Waals surface area contributed by atoms with Crippen molar-refractivity contribution < 1.29 is 0 Å². The maximum Gasteiger partial charge on any atom is 0.0635 e. The van der Waals surface area contributed by atoms with E-state index in [0.29, 0.717) is 12.3 Å². The van der Waals surface area contributed by atoms with E-state index in [4.69, 9.17) is 5.26 Å². The van der Waals surface area contributed by atoms with Crippen molar-refractivity contribution in [3.63, 3.8) is 0 Å². The van der Waals surface area contributed by atoms with Crippen LogP contribution in [0.1, 0.15) is 32.6 Å². The molecule has 3 heteroatoms. The summed E-state index contributed by atoms with van der Waals surface area (Å²) in [7, 11) is 0.